The van der Waals surface area contributed by atoms with E-state index in [2.05, 4.69) is 24.8 Å². The first kappa shape index (κ1) is 19.1. The molecule has 3 aromatic rings. The lowest BCUT2D eigenvalue weighted by molar-refractivity contribution is 0.272. The van der Waals surface area contributed by atoms with Gasteiger partial charge in [0.1, 0.15) is 17.2 Å². The summed E-state index contributed by atoms with van der Waals surface area (Å²) in [5.41, 5.74) is 3.10. The van der Waals surface area contributed by atoms with Gasteiger partial charge < -0.3 is 14.5 Å². The first-order chi connectivity index (χ1) is 14.2. The van der Waals surface area contributed by atoms with Gasteiger partial charge in [-0.1, -0.05) is 0 Å². The Kier molecular flexibility index (Phi) is 5.53. The number of H-pyrrole nitrogens is 1. The number of nitrogens with zero attached hydrogens (tertiary/aromatic N) is 4. The maximum Gasteiger partial charge on any atom is 0.254 e. The van der Waals surface area contributed by atoms with Crippen LogP contribution < -0.4 is 15.0 Å². The molecular weight excluding hydrogens is 370 g/mol. The van der Waals surface area contributed by atoms with Crippen molar-refractivity contribution in [1.82, 2.24) is 24.8 Å². The Bertz CT molecular complexity index is 1050. The smallest absolute Gasteiger partial charge is 0.254 e. The van der Waals surface area contributed by atoms with Gasteiger partial charge in [-0.25, -0.2) is 9.97 Å². The first-order valence-electron chi connectivity index (χ1n) is 9.49. The Labute approximate surface area is 168 Å². The molecule has 0 radical (unpaired) electrons. The second-order valence-electron chi connectivity index (χ2n) is 6.88. The minimum Gasteiger partial charge on any atom is -0.497 e. The third-order valence-corrected chi connectivity index (χ3v) is 5.13. The molecule has 2 aromatic heterocycles. The minimum atomic E-state index is -0.100. The fourth-order valence-corrected chi connectivity index (χ4v) is 3.60. The van der Waals surface area contributed by atoms with Crippen molar-refractivity contribution in [3.63, 3.8) is 0 Å². The van der Waals surface area contributed by atoms with Gasteiger partial charge in [0.25, 0.3) is 5.56 Å². The van der Waals surface area contributed by atoms with E-state index >= 15 is 0 Å². The number of aromatic amines is 1. The van der Waals surface area contributed by atoms with Crippen LogP contribution in [-0.4, -0.2) is 52.1 Å². The minimum absolute atomic E-state index is 0.100. The van der Waals surface area contributed by atoms with E-state index in [0.29, 0.717) is 30.9 Å². The third-order valence-electron chi connectivity index (χ3n) is 5.13. The summed E-state index contributed by atoms with van der Waals surface area (Å²) in [4.78, 5) is 30.8. The number of methoxy groups -OCH3 is 2. The maximum atomic E-state index is 12.7. The highest BCUT2D eigenvalue weighted by Crippen LogP contribution is 2.26. The van der Waals surface area contributed by atoms with E-state index < -0.39 is 0 Å². The third kappa shape index (κ3) is 4.12. The number of fused-ring (bicyclic) bond motifs is 1. The van der Waals surface area contributed by atoms with Crippen LogP contribution in [0.25, 0.3) is 11.5 Å². The molecule has 0 saturated heterocycles. The Morgan fingerprint density at radius 3 is 2.76 bits per heavy atom. The zero-order valence-corrected chi connectivity index (χ0v) is 16.5. The van der Waals surface area contributed by atoms with Crippen molar-refractivity contribution in [2.75, 3.05) is 27.3 Å². The highest BCUT2D eigenvalue weighted by Gasteiger charge is 2.20. The number of benzene rings is 1. The Morgan fingerprint density at radius 2 is 2.00 bits per heavy atom. The van der Waals surface area contributed by atoms with Gasteiger partial charge in [0, 0.05) is 49.6 Å². The van der Waals surface area contributed by atoms with Crippen LogP contribution in [0.1, 0.15) is 16.8 Å². The average molecular weight is 393 g/mol. The van der Waals surface area contributed by atoms with Crippen LogP contribution in [-0.2, 0) is 19.4 Å². The molecule has 0 unspecified atom stereocenters. The van der Waals surface area contributed by atoms with Crippen molar-refractivity contribution >= 4 is 0 Å². The van der Waals surface area contributed by atoms with E-state index in [4.69, 9.17) is 9.47 Å². The Hall–Kier alpha value is -3.26. The van der Waals surface area contributed by atoms with Gasteiger partial charge in [0.15, 0.2) is 5.82 Å². The molecule has 1 aromatic carbocycles. The summed E-state index contributed by atoms with van der Waals surface area (Å²) in [6.45, 7) is 2.27. The fraction of sp³-hybridized carbons (Fsp3) is 0.333. The lowest BCUT2D eigenvalue weighted by Crippen LogP contribution is -2.26. The van der Waals surface area contributed by atoms with Gasteiger partial charge in [-0.05, 0) is 24.6 Å². The number of nitrogens with one attached hydrogen (secondary N) is 1. The van der Waals surface area contributed by atoms with Crippen LogP contribution in [0.5, 0.6) is 11.5 Å². The highest BCUT2D eigenvalue weighted by molar-refractivity contribution is 5.47. The van der Waals surface area contributed by atoms with Crippen molar-refractivity contribution in [2.45, 2.75) is 19.4 Å². The van der Waals surface area contributed by atoms with Crippen molar-refractivity contribution in [3.05, 3.63) is 64.0 Å². The van der Waals surface area contributed by atoms with Gasteiger partial charge in [0.05, 0.1) is 26.1 Å². The van der Waals surface area contributed by atoms with Gasteiger partial charge in [0.2, 0.25) is 0 Å². The molecule has 0 saturated carbocycles. The zero-order valence-electron chi connectivity index (χ0n) is 16.5. The molecule has 1 aliphatic heterocycles. The average Bonchev–Trinajstić information content (AvgIpc) is 2.97. The first-order valence-corrected chi connectivity index (χ1v) is 9.49. The maximum absolute atomic E-state index is 12.7. The van der Waals surface area contributed by atoms with Crippen LogP contribution >= 0.6 is 0 Å². The van der Waals surface area contributed by atoms with E-state index in [1.807, 2.05) is 18.2 Å². The number of aromatic nitrogens is 4. The van der Waals surface area contributed by atoms with Crippen molar-refractivity contribution < 1.29 is 9.47 Å². The van der Waals surface area contributed by atoms with Crippen LogP contribution in [0, 0.1) is 0 Å². The summed E-state index contributed by atoms with van der Waals surface area (Å²) in [6.07, 6.45) is 6.12. The van der Waals surface area contributed by atoms with Gasteiger partial charge >= 0.3 is 0 Å². The fourth-order valence-electron chi connectivity index (χ4n) is 3.60. The zero-order chi connectivity index (χ0) is 20.2. The molecule has 4 rings (SSSR count). The summed E-state index contributed by atoms with van der Waals surface area (Å²) in [5.74, 6) is 2.09. The molecule has 150 valence electrons. The molecule has 8 nitrogen and oxygen atoms in total. The van der Waals surface area contributed by atoms with Crippen LogP contribution in [0.3, 0.4) is 0 Å². The standard InChI is InChI=1S/C21H23N5O3/c1-28-15-3-4-19(29-2)14(11-15)13-26-9-5-16-17(6-10-26)24-20(25-21(16)27)18-12-22-7-8-23-18/h3-4,7-8,11-12H,5-6,9-10,13H2,1-2H3,(H,24,25,27). The lowest BCUT2D eigenvalue weighted by atomic mass is 10.1. The molecule has 1 N–H and O–H groups in total. The predicted octanol–water partition coefficient (Wildman–Crippen LogP) is 1.84. The van der Waals surface area contributed by atoms with Gasteiger partial charge in [-0.3, -0.25) is 14.7 Å². The number of hydrogen-bond donors (Lipinski definition) is 1. The SMILES string of the molecule is COc1ccc(OC)c(CN2CCc3nc(-c4cnccn4)[nH]c(=O)c3CC2)c1. The topological polar surface area (TPSA) is 93.2 Å². The second-order valence-corrected chi connectivity index (χ2v) is 6.88. The molecule has 0 spiro atoms. The van der Waals surface area contributed by atoms with Gasteiger partial charge in [-0.15, -0.1) is 0 Å². The number of ether oxygens (including phenoxy) is 2. The van der Waals surface area contributed by atoms with E-state index in [1.54, 1.807) is 32.8 Å². The predicted molar refractivity (Wildman–Crippen MR) is 108 cm³/mol. The monoisotopic (exact) mass is 393 g/mol. The van der Waals surface area contributed by atoms with E-state index in [9.17, 15) is 4.79 Å². The largest absolute Gasteiger partial charge is 0.497 e. The van der Waals surface area contributed by atoms with E-state index in [0.717, 1.165) is 41.4 Å². The molecule has 0 amide bonds. The normalized spacial score (nSPS) is 14.1. The molecule has 0 fully saturated rings. The summed E-state index contributed by atoms with van der Waals surface area (Å²) >= 11 is 0. The van der Waals surface area contributed by atoms with E-state index in [1.165, 1.54) is 0 Å². The van der Waals surface area contributed by atoms with Gasteiger partial charge in [-0.2, -0.15) is 0 Å². The van der Waals surface area contributed by atoms with Crippen molar-refractivity contribution in [3.8, 4) is 23.0 Å². The van der Waals surface area contributed by atoms with Crippen LogP contribution in [0.2, 0.25) is 0 Å². The van der Waals surface area contributed by atoms with Crippen molar-refractivity contribution in [2.24, 2.45) is 0 Å². The summed E-state index contributed by atoms with van der Waals surface area (Å²) in [5, 5.41) is 0. The molecular formula is C21H23N5O3. The van der Waals surface area contributed by atoms with Crippen LogP contribution in [0.4, 0.5) is 0 Å². The summed E-state index contributed by atoms with van der Waals surface area (Å²) < 4.78 is 10.9. The van der Waals surface area contributed by atoms with Crippen molar-refractivity contribution in [1.29, 1.82) is 0 Å². The second kappa shape index (κ2) is 8.40. The molecule has 3 heterocycles. The van der Waals surface area contributed by atoms with E-state index in [-0.39, 0.29) is 5.56 Å². The van der Waals surface area contributed by atoms with Crippen LogP contribution in [0.15, 0.2) is 41.6 Å². The molecule has 8 heteroatoms. The quantitative estimate of drug-likeness (QED) is 0.707. The molecule has 0 atom stereocenters. The summed E-state index contributed by atoms with van der Waals surface area (Å²) in [7, 11) is 3.32. The Balaban J connectivity index is 1.56. The molecule has 0 bridgehead atoms. The number of hydrogen-bond acceptors (Lipinski definition) is 7. The molecule has 0 aliphatic carbocycles. The summed E-state index contributed by atoms with van der Waals surface area (Å²) in [6, 6.07) is 5.80. The lowest BCUT2D eigenvalue weighted by Gasteiger charge is -2.21. The molecule has 1 aliphatic rings. The highest BCUT2D eigenvalue weighted by atomic mass is 16.5. The molecule has 29 heavy (non-hydrogen) atoms. The Morgan fingerprint density at radius 1 is 1.14 bits per heavy atom. The number of rotatable bonds is 5.